The number of likely N-dealkylation sites (N-methyl/N-ethyl adjacent to an activating group) is 1. The van der Waals surface area contributed by atoms with Gasteiger partial charge in [-0.3, -0.25) is 14.6 Å². The molecule has 2 fully saturated rings. The Labute approximate surface area is 135 Å². The van der Waals surface area contributed by atoms with Gasteiger partial charge in [0.1, 0.15) is 6.54 Å². The molecule has 8 heteroatoms. The Hall–Kier alpha value is -0.860. The molecule has 2 rings (SSSR count). The molecule has 1 atom stereocenters. The second-order valence-corrected chi connectivity index (χ2v) is 6.55. The number of piperidine rings is 1. The zero-order valence-electron chi connectivity index (χ0n) is 13.8. The van der Waals surface area contributed by atoms with Crippen LogP contribution in [-0.4, -0.2) is 91.9 Å². The average molecular weight is 337 g/mol. The molecule has 2 aliphatic heterocycles. The first-order chi connectivity index (χ1) is 10.7. The minimum absolute atomic E-state index is 0.0683. The van der Waals surface area contributed by atoms with Crippen molar-refractivity contribution in [1.29, 1.82) is 0 Å². The van der Waals surface area contributed by atoms with Gasteiger partial charge in [-0.1, -0.05) is 0 Å². The van der Waals surface area contributed by atoms with Crippen molar-refractivity contribution < 1.29 is 22.7 Å². The van der Waals surface area contributed by atoms with Crippen molar-refractivity contribution >= 4 is 5.91 Å². The Morgan fingerprint density at radius 2 is 1.91 bits per heavy atom. The van der Waals surface area contributed by atoms with Gasteiger partial charge in [-0.15, -0.1) is 0 Å². The number of halogens is 3. The van der Waals surface area contributed by atoms with Crippen LogP contribution in [0.5, 0.6) is 0 Å². The second kappa shape index (κ2) is 7.81. The number of carbonyl (C=O) groups is 1. The fourth-order valence-electron chi connectivity index (χ4n) is 3.29. The maximum Gasteiger partial charge on any atom is 0.406 e. The van der Waals surface area contributed by atoms with E-state index in [0.717, 1.165) is 50.5 Å². The van der Waals surface area contributed by atoms with Crippen LogP contribution in [0, 0.1) is 0 Å². The minimum Gasteiger partial charge on any atom is -0.376 e. The van der Waals surface area contributed by atoms with Crippen molar-refractivity contribution in [1.82, 2.24) is 14.7 Å². The number of alkyl halides is 3. The molecule has 5 nitrogen and oxygen atoms in total. The van der Waals surface area contributed by atoms with Crippen molar-refractivity contribution in [3.63, 3.8) is 0 Å². The minimum atomic E-state index is -4.34. The second-order valence-electron chi connectivity index (χ2n) is 6.55. The predicted molar refractivity (Wildman–Crippen MR) is 80.1 cm³/mol. The van der Waals surface area contributed by atoms with Crippen LogP contribution in [-0.2, 0) is 9.53 Å². The van der Waals surface area contributed by atoms with Crippen LogP contribution in [0.2, 0.25) is 0 Å². The fraction of sp³-hybridized carbons (Fsp3) is 0.933. The number of likely N-dealkylation sites (tertiary alicyclic amines) is 1. The van der Waals surface area contributed by atoms with Crippen LogP contribution in [0.15, 0.2) is 0 Å². The van der Waals surface area contributed by atoms with Crippen molar-refractivity contribution in [2.24, 2.45) is 0 Å². The quantitative estimate of drug-likeness (QED) is 0.772. The van der Waals surface area contributed by atoms with Crippen LogP contribution in [0.4, 0.5) is 13.2 Å². The van der Waals surface area contributed by atoms with Gasteiger partial charge in [0, 0.05) is 39.3 Å². The third kappa shape index (κ3) is 5.93. The average Bonchev–Trinajstić information content (AvgIpc) is 2.46. The molecule has 0 bridgehead atoms. The molecule has 23 heavy (non-hydrogen) atoms. The van der Waals surface area contributed by atoms with Crippen LogP contribution < -0.4 is 0 Å². The van der Waals surface area contributed by atoms with E-state index in [0.29, 0.717) is 6.04 Å². The van der Waals surface area contributed by atoms with E-state index in [2.05, 4.69) is 11.8 Å². The van der Waals surface area contributed by atoms with Gasteiger partial charge in [-0.05, 0) is 19.8 Å². The molecule has 0 aromatic heterocycles. The van der Waals surface area contributed by atoms with E-state index < -0.39 is 18.6 Å². The highest BCUT2D eigenvalue weighted by molar-refractivity contribution is 5.78. The zero-order valence-corrected chi connectivity index (χ0v) is 13.8. The first-order valence-electron chi connectivity index (χ1n) is 8.13. The molecule has 1 amide bonds. The summed E-state index contributed by atoms with van der Waals surface area (Å²) in [5, 5.41) is 0. The summed E-state index contributed by atoms with van der Waals surface area (Å²) in [6, 6.07) is 0.487. The van der Waals surface area contributed by atoms with Gasteiger partial charge < -0.3 is 9.64 Å². The van der Waals surface area contributed by atoms with Gasteiger partial charge in [0.15, 0.2) is 0 Å². The number of ether oxygens (including phenoxy) is 1. The Bertz CT molecular complexity index is 398. The summed E-state index contributed by atoms with van der Waals surface area (Å²) >= 11 is 0. The summed E-state index contributed by atoms with van der Waals surface area (Å²) in [4.78, 5) is 17.0. The molecular weight excluding hydrogens is 311 g/mol. The summed E-state index contributed by atoms with van der Waals surface area (Å²) in [5.41, 5.74) is 0. The lowest BCUT2D eigenvalue weighted by atomic mass is 10.0. The van der Waals surface area contributed by atoms with E-state index in [1.54, 1.807) is 0 Å². The van der Waals surface area contributed by atoms with E-state index in [9.17, 15) is 18.0 Å². The van der Waals surface area contributed by atoms with Crippen LogP contribution in [0.3, 0.4) is 0 Å². The SMILES string of the molecule is C[C@H]1CN(C2CCN(CC(=O)N(C)CC(F)(F)F)CC2)CCO1. The molecule has 0 radical (unpaired) electrons. The Morgan fingerprint density at radius 3 is 2.48 bits per heavy atom. The Morgan fingerprint density at radius 1 is 1.26 bits per heavy atom. The number of carbonyl (C=O) groups excluding carboxylic acids is 1. The molecular formula is C15H26F3N3O2. The van der Waals surface area contributed by atoms with Gasteiger partial charge in [0.2, 0.25) is 5.91 Å². The summed E-state index contributed by atoms with van der Waals surface area (Å²) in [6.45, 7) is 5.06. The van der Waals surface area contributed by atoms with Crippen LogP contribution >= 0.6 is 0 Å². The number of morpholine rings is 1. The molecule has 2 saturated heterocycles. The van der Waals surface area contributed by atoms with Gasteiger partial charge in [0.05, 0.1) is 19.3 Å². The summed E-state index contributed by atoms with van der Waals surface area (Å²) in [6.07, 6.45) is -2.20. The molecule has 0 aromatic carbocycles. The maximum absolute atomic E-state index is 12.3. The molecule has 0 N–H and O–H groups in total. The highest BCUT2D eigenvalue weighted by atomic mass is 19.4. The first kappa shape index (κ1) is 18.5. The van der Waals surface area contributed by atoms with Crippen LogP contribution in [0.1, 0.15) is 19.8 Å². The lowest BCUT2D eigenvalue weighted by molar-refractivity contribution is -0.159. The third-order valence-electron chi connectivity index (χ3n) is 4.55. The fourth-order valence-corrected chi connectivity index (χ4v) is 3.29. The molecule has 0 unspecified atom stereocenters. The first-order valence-corrected chi connectivity index (χ1v) is 8.13. The van der Waals surface area contributed by atoms with Gasteiger partial charge >= 0.3 is 6.18 Å². The number of rotatable bonds is 4. The van der Waals surface area contributed by atoms with Gasteiger partial charge in [-0.25, -0.2) is 0 Å². The normalized spacial score (nSPS) is 25.5. The van der Waals surface area contributed by atoms with Crippen molar-refractivity contribution in [3.8, 4) is 0 Å². The summed E-state index contributed by atoms with van der Waals surface area (Å²) in [7, 11) is 1.21. The zero-order chi connectivity index (χ0) is 17.0. The maximum atomic E-state index is 12.3. The van der Waals surface area contributed by atoms with E-state index >= 15 is 0 Å². The molecule has 0 aromatic rings. The number of amides is 1. The number of hydrogen-bond donors (Lipinski definition) is 0. The van der Waals surface area contributed by atoms with E-state index in [4.69, 9.17) is 4.74 Å². The van der Waals surface area contributed by atoms with Gasteiger partial charge in [-0.2, -0.15) is 13.2 Å². The highest BCUT2D eigenvalue weighted by Gasteiger charge is 2.32. The topological polar surface area (TPSA) is 36.0 Å². The van der Waals surface area contributed by atoms with Crippen molar-refractivity contribution in [3.05, 3.63) is 0 Å². The molecule has 134 valence electrons. The van der Waals surface area contributed by atoms with Crippen LogP contribution in [0.25, 0.3) is 0 Å². The standard InChI is InChI=1S/C15H26F3N3O2/c1-12-9-21(7-8-23-12)13-3-5-20(6-4-13)10-14(22)19(2)11-15(16,17)18/h12-13H,3-11H2,1-2H3/t12-/m0/s1. The van der Waals surface area contributed by atoms with E-state index in [1.165, 1.54) is 7.05 Å². The monoisotopic (exact) mass is 337 g/mol. The lowest BCUT2D eigenvalue weighted by Crippen LogP contribution is -2.52. The summed E-state index contributed by atoms with van der Waals surface area (Å²) < 4.78 is 42.5. The molecule has 2 heterocycles. The lowest BCUT2D eigenvalue weighted by Gasteiger charge is -2.41. The highest BCUT2D eigenvalue weighted by Crippen LogP contribution is 2.20. The van der Waals surface area contributed by atoms with E-state index in [1.807, 2.05) is 4.90 Å². The third-order valence-corrected chi connectivity index (χ3v) is 4.55. The Balaban J connectivity index is 1.73. The number of nitrogens with zero attached hydrogens (tertiary/aromatic N) is 3. The molecule has 0 aliphatic carbocycles. The van der Waals surface area contributed by atoms with Crippen molar-refractivity contribution in [2.45, 2.75) is 38.1 Å². The van der Waals surface area contributed by atoms with Gasteiger partial charge in [0.25, 0.3) is 0 Å². The Kier molecular flexibility index (Phi) is 6.27. The molecule has 0 spiro atoms. The molecule has 2 aliphatic rings. The number of hydrogen-bond acceptors (Lipinski definition) is 4. The molecule has 0 saturated carbocycles. The largest absolute Gasteiger partial charge is 0.406 e. The van der Waals surface area contributed by atoms with Crippen molar-refractivity contribution in [2.75, 3.05) is 52.9 Å². The smallest absolute Gasteiger partial charge is 0.376 e. The summed E-state index contributed by atoms with van der Waals surface area (Å²) in [5.74, 6) is -0.472. The predicted octanol–water partition coefficient (Wildman–Crippen LogP) is 1.19. The van der Waals surface area contributed by atoms with E-state index in [-0.39, 0.29) is 12.6 Å².